The number of carbonyl (C=O) groups is 2. The first-order valence-electron chi connectivity index (χ1n) is 7.15. The Balaban J connectivity index is 1.97. The summed E-state index contributed by atoms with van der Waals surface area (Å²) in [7, 11) is 0. The zero-order chi connectivity index (χ0) is 16.7. The molecule has 5 nitrogen and oxygen atoms in total. The molecule has 0 heterocycles. The molecule has 120 valence electrons. The third-order valence-corrected chi connectivity index (χ3v) is 3.52. The summed E-state index contributed by atoms with van der Waals surface area (Å²) in [5.41, 5.74) is 1.61. The minimum Gasteiger partial charge on any atom is -0.462 e. The maximum atomic E-state index is 12.1. The number of anilines is 2. The highest BCUT2D eigenvalue weighted by Crippen LogP contribution is 2.17. The highest BCUT2D eigenvalue weighted by Gasteiger charge is 2.13. The van der Waals surface area contributed by atoms with Gasteiger partial charge in [0.05, 0.1) is 24.4 Å². The summed E-state index contributed by atoms with van der Waals surface area (Å²) in [6, 6.07) is 14.3. The van der Waals surface area contributed by atoms with Crippen molar-refractivity contribution in [1.82, 2.24) is 0 Å². The number of esters is 1. The summed E-state index contributed by atoms with van der Waals surface area (Å²) in [4.78, 5) is 23.9. The summed E-state index contributed by atoms with van der Waals surface area (Å²) in [5.74, 6) is -0.700. The molecule has 0 radical (unpaired) electrons. The Kier molecular flexibility index (Phi) is 6.17. The fraction of sp³-hybridized carbons (Fsp3) is 0.176. The van der Waals surface area contributed by atoms with E-state index in [0.29, 0.717) is 11.3 Å². The van der Waals surface area contributed by atoms with Gasteiger partial charge in [-0.1, -0.05) is 28.1 Å². The zero-order valence-corrected chi connectivity index (χ0v) is 14.2. The van der Waals surface area contributed by atoms with Gasteiger partial charge < -0.3 is 15.4 Å². The molecule has 0 aliphatic heterocycles. The summed E-state index contributed by atoms with van der Waals surface area (Å²) in [6.07, 6.45) is 0. The normalized spacial score (nSPS) is 10.0. The first kappa shape index (κ1) is 17.0. The number of para-hydroxylation sites is 1. The lowest BCUT2D eigenvalue weighted by molar-refractivity contribution is -0.114. The standard InChI is InChI=1S/C17H17BrN2O3/c1-2-23-17(22)14-5-3-4-6-15(14)20-16(21)11-19-13-9-7-12(18)8-10-13/h3-10,19H,2,11H2,1H3,(H,20,21). The van der Waals surface area contributed by atoms with E-state index in [1.54, 1.807) is 31.2 Å². The van der Waals surface area contributed by atoms with Gasteiger partial charge in [0.2, 0.25) is 5.91 Å². The molecule has 2 rings (SSSR count). The Hall–Kier alpha value is -2.34. The highest BCUT2D eigenvalue weighted by atomic mass is 79.9. The van der Waals surface area contributed by atoms with Crippen molar-refractivity contribution in [1.29, 1.82) is 0 Å². The number of hydrogen-bond donors (Lipinski definition) is 2. The van der Waals surface area contributed by atoms with Gasteiger partial charge in [-0.3, -0.25) is 4.79 Å². The van der Waals surface area contributed by atoms with E-state index in [9.17, 15) is 9.59 Å². The zero-order valence-electron chi connectivity index (χ0n) is 12.6. The van der Waals surface area contributed by atoms with Crippen molar-refractivity contribution in [2.24, 2.45) is 0 Å². The van der Waals surface area contributed by atoms with Crippen molar-refractivity contribution >= 4 is 39.2 Å². The Morgan fingerprint density at radius 2 is 1.78 bits per heavy atom. The van der Waals surface area contributed by atoms with Crippen molar-refractivity contribution in [3.05, 3.63) is 58.6 Å². The van der Waals surface area contributed by atoms with Crippen LogP contribution < -0.4 is 10.6 Å². The van der Waals surface area contributed by atoms with E-state index >= 15 is 0 Å². The van der Waals surface area contributed by atoms with Crippen molar-refractivity contribution in [2.75, 3.05) is 23.8 Å². The summed E-state index contributed by atoms with van der Waals surface area (Å²) >= 11 is 3.35. The van der Waals surface area contributed by atoms with Crippen molar-refractivity contribution in [3.8, 4) is 0 Å². The van der Waals surface area contributed by atoms with E-state index in [1.165, 1.54) is 0 Å². The number of nitrogens with one attached hydrogen (secondary N) is 2. The smallest absolute Gasteiger partial charge is 0.340 e. The van der Waals surface area contributed by atoms with Gasteiger partial charge in [-0.25, -0.2) is 4.79 Å². The van der Waals surface area contributed by atoms with Crippen LogP contribution in [0.1, 0.15) is 17.3 Å². The number of rotatable bonds is 6. The lowest BCUT2D eigenvalue weighted by atomic mass is 10.2. The van der Waals surface area contributed by atoms with Crippen LogP contribution >= 0.6 is 15.9 Å². The van der Waals surface area contributed by atoms with Crippen molar-refractivity contribution in [2.45, 2.75) is 6.92 Å². The SMILES string of the molecule is CCOC(=O)c1ccccc1NC(=O)CNc1ccc(Br)cc1. The lowest BCUT2D eigenvalue weighted by Crippen LogP contribution is -2.23. The third kappa shape index (κ3) is 5.10. The molecular weight excluding hydrogens is 360 g/mol. The molecule has 0 saturated carbocycles. The predicted octanol–water partition coefficient (Wildman–Crippen LogP) is 3.68. The average Bonchev–Trinajstić information content (AvgIpc) is 2.55. The second kappa shape index (κ2) is 8.33. The second-order valence-corrected chi connectivity index (χ2v) is 5.59. The molecule has 0 fully saturated rings. The van der Waals surface area contributed by atoms with Crippen LogP contribution in [-0.4, -0.2) is 25.0 Å². The second-order valence-electron chi connectivity index (χ2n) is 4.67. The molecule has 2 N–H and O–H groups in total. The van der Waals surface area contributed by atoms with Gasteiger partial charge in [-0.2, -0.15) is 0 Å². The molecule has 2 aromatic carbocycles. The van der Waals surface area contributed by atoms with Crippen LogP contribution in [-0.2, 0) is 9.53 Å². The molecular formula is C17H17BrN2O3. The molecule has 0 bridgehead atoms. The minimum atomic E-state index is -0.454. The number of carbonyl (C=O) groups excluding carboxylic acids is 2. The van der Waals surface area contributed by atoms with Crippen LogP contribution in [0.2, 0.25) is 0 Å². The molecule has 0 aromatic heterocycles. The number of ether oxygens (including phenoxy) is 1. The quantitative estimate of drug-likeness (QED) is 0.754. The fourth-order valence-electron chi connectivity index (χ4n) is 1.92. The Bertz CT molecular complexity index is 686. The summed E-state index contributed by atoms with van der Waals surface area (Å²) in [6.45, 7) is 2.12. The van der Waals surface area contributed by atoms with Crippen molar-refractivity contribution < 1.29 is 14.3 Å². The molecule has 0 saturated heterocycles. The molecule has 0 atom stereocenters. The molecule has 0 aliphatic rings. The lowest BCUT2D eigenvalue weighted by Gasteiger charge is -2.11. The van der Waals surface area contributed by atoms with Gasteiger partial charge in [-0.15, -0.1) is 0 Å². The van der Waals surface area contributed by atoms with E-state index in [1.807, 2.05) is 24.3 Å². The summed E-state index contributed by atoms with van der Waals surface area (Å²) < 4.78 is 5.95. The van der Waals surface area contributed by atoms with E-state index in [0.717, 1.165) is 10.2 Å². The highest BCUT2D eigenvalue weighted by molar-refractivity contribution is 9.10. The van der Waals surface area contributed by atoms with Crippen LogP contribution in [0.3, 0.4) is 0 Å². The number of benzene rings is 2. The third-order valence-electron chi connectivity index (χ3n) is 2.99. The maximum absolute atomic E-state index is 12.1. The van der Waals surface area contributed by atoms with E-state index < -0.39 is 5.97 Å². The van der Waals surface area contributed by atoms with Gasteiger partial charge in [0.15, 0.2) is 0 Å². The molecule has 23 heavy (non-hydrogen) atoms. The van der Waals surface area contributed by atoms with Crippen LogP contribution in [0.15, 0.2) is 53.0 Å². The first-order valence-corrected chi connectivity index (χ1v) is 7.95. The Morgan fingerprint density at radius 1 is 1.09 bits per heavy atom. The van der Waals surface area contributed by atoms with Gasteiger partial charge >= 0.3 is 5.97 Å². The van der Waals surface area contributed by atoms with Crippen LogP contribution in [0.25, 0.3) is 0 Å². The van der Waals surface area contributed by atoms with Gasteiger partial charge in [-0.05, 0) is 43.3 Å². The van der Waals surface area contributed by atoms with Crippen LogP contribution in [0, 0.1) is 0 Å². The molecule has 6 heteroatoms. The minimum absolute atomic E-state index is 0.0960. The van der Waals surface area contributed by atoms with Crippen LogP contribution in [0.5, 0.6) is 0 Å². The van der Waals surface area contributed by atoms with E-state index in [2.05, 4.69) is 26.6 Å². The molecule has 0 spiro atoms. The largest absolute Gasteiger partial charge is 0.462 e. The topological polar surface area (TPSA) is 67.4 Å². The predicted molar refractivity (Wildman–Crippen MR) is 93.7 cm³/mol. The summed E-state index contributed by atoms with van der Waals surface area (Å²) in [5, 5.41) is 5.74. The van der Waals surface area contributed by atoms with E-state index in [4.69, 9.17) is 4.74 Å². The first-order chi connectivity index (χ1) is 11.1. The maximum Gasteiger partial charge on any atom is 0.340 e. The fourth-order valence-corrected chi connectivity index (χ4v) is 2.19. The van der Waals surface area contributed by atoms with Gasteiger partial charge in [0.1, 0.15) is 0 Å². The molecule has 0 unspecified atom stereocenters. The van der Waals surface area contributed by atoms with Crippen LogP contribution in [0.4, 0.5) is 11.4 Å². The molecule has 0 aliphatic carbocycles. The van der Waals surface area contributed by atoms with E-state index in [-0.39, 0.29) is 19.1 Å². The Morgan fingerprint density at radius 3 is 2.48 bits per heavy atom. The number of halogens is 1. The average molecular weight is 377 g/mol. The monoisotopic (exact) mass is 376 g/mol. The van der Waals surface area contributed by atoms with Gasteiger partial charge in [0.25, 0.3) is 0 Å². The van der Waals surface area contributed by atoms with Crippen molar-refractivity contribution in [3.63, 3.8) is 0 Å². The molecule has 1 amide bonds. The molecule has 2 aromatic rings. The number of amides is 1. The number of hydrogen-bond acceptors (Lipinski definition) is 4. The Labute approximate surface area is 143 Å². The van der Waals surface area contributed by atoms with Gasteiger partial charge in [0, 0.05) is 10.2 Å².